The van der Waals surface area contributed by atoms with E-state index in [-0.39, 0.29) is 212 Å². The number of halogens is 1. The molecule has 0 rings (SSSR count). The van der Waals surface area contributed by atoms with Crippen molar-refractivity contribution < 1.29 is 296 Å². The second-order valence-electron chi connectivity index (χ2n) is 35.7. The van der Waals surface area contributed by atoms with E-state index in [9.17, 15) is 54.6 Å². The van der Waals surface area contributed by atoms with E-state index in [2.05, 4.69) is 180 Å². The predicted molar refractivity (Wildman–Crippen MR) is 600 cm³/mol. The maximum atomic E-state index is 10.3. The van der Waals surface area contributed by atoms with E-state index in [0.29, 0.717) is 51.7 Å². The van der Waals surface area contributed by atoms with Crippen LogP contribution in [0.1, 0.15) is 478 Å². The molecule has 6 atom stereocenters. The minimum atomic E-state index is -1.000. The molecule has 0 radical (unpaired) electrons. The van der Waals surface area contributed by atoms with E-state index < -0.39 is 51.4 Å². The SMILES string of the molecule is C#CCC(C)(O)CCCC.C#CCCCC.C/C=C/CC(C)(O)CCCC.C/C=C/CC(C)(O)CCCC.C/C=C\CCCCCO.C/C=C\CCCCCO.CCCCC(C)(O)C/C=C/C=C\CCCC/C=C\CCCC(=O)O.CCCCC(C)(O)C/C=C/C=C\CCCCC=O.CCCCC(C)(O)C/C=C/C=C\CCCCC=O.CCCCCCC#CI.O=[C-]/C(=N\N=O)O[O-].O=[C-]/C(=N\N=O)O[O-].[K+].[K+].[K+].[K+]. The average molecular weight is 2260 g/mol. The number of aliphatic hydroxyl groups is 8. The minimum Gasteiger partial charge on any atom is -0.665 e. The van der Waals surface area contributed by atoms with Gasteiger partial charge >= 0.3 is 212 Å². The van der Waals surface area contributed by atoms with Crippen molar-refractivity contribution in [1.29, 1.82) is 0 Å². The molecule has 24 nitrogen and oxygen atoms in total. The van der Waals surface area contributed by atoms with Gasteiger partial charge in [-0.05, 0) is 272 Å². The van der Waals surface area contributed by atoms with Crippen LogP contribution < -0.4 is 216 Å². The van der Waals surface area contributed by atoms with E-state index in [0.717, 1.165) is 282 Å². The molecule has 0 saturated carbocycles. The van der Waals surface area contributed by atoms with E-state index >= 15 is 0 Å². The number of terminal acetylenes is 2. The fourth-order valence-electron chi connectivity index (χ4n) is 11.3. The summed E-state index contributed by atoms with van der Waals surface area (Å²) in [5.74, 6) is 5.37. The fraction of sp³-hybridized carbons (Fsp3) is 0.698. The van der Waals surface area contributed by atoms with Crippen LogP contribution in [0.5, 0.6) is 0 Å². The largest absolute Gasteiger partial charge is 1.00 e. The molecule has 29 heteroatoms. The van der Waals surface area contributed by atoms with Crippen molar-refractivity contribution in [2.75, 3.05) is 13.2 Å². The van der Waals surface area contributed by atoms with Gasteiger partial charge < -0.3 is 85.4 Å². The molecule has 0 aromatic carbocycles. The van der Waals surface area contributed by atoms with Crippen molar-refractivity contribution in [2.45, 2.75) is 511 Å². The summed E-state index contributed by atoms with van der Waals surface area (Å²) in [4.78, 5) is 73.3. The second kappa shape index (κ2) is 154. The Labute approximate surface area is 1070 Å². The summed E-state index contributed by atoms with van der Waals surface area (Å²) < 4.78 is 2.86. The number of aldehydes is 2. The van der Waals surface area contributed by atoms with Crippen molar-refractivity contribution in [3.63, 3.8) is 0 Å². The number of hydrogen-bond donors (Lipinski definition) is 9. The Kier molecular flexibility index (Phi) is 190. The molecule has 0 aliphatic rings. The Hall–Kier alpha value is -1.01. The first kappa shape index (κ1) is 180. The van der Waals surface area contributed by atoms with Crippen molar-refractivity contribution in [1.82, 2.24) is 0 Å². The second-order valence-corrected chi connectivity index (χ2v) is 36.2. The van der Waals surface area contributed by atoms with Crippen LogP contribution in [0.15, 0.2) is 154 Å². The Morgan fingerprint density at radius 1 is 0.352 bits per heavy atom. The quantitative estimate of drug-likeness (QED) is 0.00218. The van der Waals surface area contributed by atoms with Gasteiger partial charge in [-0.3, -0.25) is 4.79 Å². The number of hydrogen-bond acceptors (Lipinski definition) is 21. The molecule has 0 fully saturated rings. The van der Waals surface area contributed by atoms with Gasteiger partial charge in [-0.1, -0.05) is 311 Å². The van der Waals surface area contributed by atoms with Crippen LogP contribution in [-0.4, -0.2) is 136 Å². The number of aliphatic carboxylic acids is 1. The molecule has 0 amide bonds. The number of carbonyl (C=O) groups is 3. The van der Waals surface area contributed by atoms with Crippen LogP contribution in [-0.2, 0) is 33.7 Å². The molecule has 0 bridgehead atoms. The normalized spacial score (nSPS) is 13.2. The summed E-state index contributed by atoms with van der Waals surface area (Å²) in [5, 5.41) is 111. The number of rotatable bonds is 71. The standard InChI is InChI=1S/C21H36O3.2C16H28O2.2C10H20O.C9H16O.C8H13I.2C8H16O.C6H10.2C2HN2O4.4K/c1-3-4-18-21(2,24)19-16-14-12-10-8-6-5-7-9-11-13-15-17-20(22)23;2*1-3-4-13-16(2,18)14-11-9-7-5-6-8-10-12-15-17;2*1-4-6-8-10(3,11)9-7-5-2;1-4-6-8-9(3,10)7-5-2;3*1-2-3-4-5-6-7-8-9;1-3-5-6-4-2;2*5-1-2(8-7)3-4-6;;;;/h9-12,14,16,24H,3-8,13,15,17-19H2,1-2H3,(H,22,23);2*5,7,9,11,15,18H,3-4,6,8,10,12-14H2,1-2H3;2*4,6,11H,5,7-9H2,1-3H3;2,10H,4,6-8H2,1,3H3;2-6H2,1H3;2*2-3,9H,4-8H2,1H3;1H,4-6H2,2H3;2*7H;;;;/q;;;;;;;;;;2*-1;4*+1/p-2/b11-9-,12-10-,16-14+;2*7-5-,11-9+;2*6-4+;;;2*3-2-;;2*3-2+;;;;. The predicted octanol–water partition coefficient (Wildman–Crippen LogP) is 16.3. The van der Waals surface area contributed by atoms with Gasteiger partial charge in [-0.25, -0.2) is 0 Å². The summed E-state index contributed by atoms with van der Waals surface area (Å²) in [5.41, 5.74) is -3.30. The van der Waals surface area contributed by atoms with E-state index in [1.165, 1.54) is 51.4 Å². The van der Waals surface area contributed by atoms with Crippen molar-refractivity contribution in [3.8, 4) is 34.5 Å². The van der Waals surface area contributed by atoms with Crippen molar-refractivity contribution in [2.24, 2.45) is 20.8 Å². The van der Waals surface area contributed by atoms with Gasteiger partial charge in [-0.2, -0.15) is 12.6 Å². The van der Waals surface area contributed by atoms with Crippen molar-refractivity contribution >= 4 is 65.5 Å². The summed E-state index contributed by atoms with van der Waals surface area (Å²) in [6.07, 6.45) is 114. The zero-order valence-corrected chi connectivity index (χ0v) is 110. The van der Waals surface area contributed by atoms with Crippen LogP contribution in [0.25, 0.3) is 0 Å². The number of carbonyl (C=O) groups excluding carboxylic acids is 4. The number of carboxylic acids is 1. The molecular weight excluding hydrogens is 2050 g/mol. The van der Waals surface area contributed by atoms with Crippen LogP contribution in [0.2, 0.25) is 0 Å². The molecule has 0 aromatic rings. The molecule has 0 spiro atoms. The first-order chi connectivity index (χ1) is 67.4. The molecule has 0 heterocycles. The van der Waals surface area contributed by atoms with E-state index in [1.807, 2.05) is 146 Å². The number of nitrogens with zero attached hydrogens (tertiary/aromatic N) is 4. The van der Waals surface area contributed by atoms with Gasteiger partial charge in [0, 0.05) is 74.3 Å². The molecule has 145 heavy (non-hydrogen) atoms. The van der Waals surface area contributed by atoms with Gasteiger partial charge in [0.1, 0.15) is 12.6 Å². The van der Waals surface area contributed by atoms with Crippen molar-refractivity contribution in [3.05, 3.63) is 143 Å². The number of aliphatic hydroxyl groups excluding tert-OH is 2. The molecule has 0 aliphatic heterocycles. The van der Waals surface area contributed by atoms with Crippen LogP contribution in [0, 0.1) is 44.3 Å². The van der Waals surface area contributed by atoms with Crippen LogP contribution >= 0.6 is 22.6 Å². The topological polar surface area (TPSA) is 416 Å². The number of carboxylic acid groups (broad SMARTS) is 1. The van der Waals surface area contributed by atoms with Gasteiger partial charge in [0.05, 0.1) is 56.0 Å². The number of nitroso groups, excluding NO2 is 2. The zero-order chi connectivity index (χ0) is 109. The van der Waals surface area contributed by atoms with E-state index in [1.54, 1.807) is 6.92 Å². The van der Waals surface area contributed by atoms with Gasteiger partial charge in [0.25, 0.3) is 0 Å². The summed E-state index contributed by atoms with van der Waals surface area (Å²) >= 11 is 2.09. The third-order valence-electron chi connectivity index (χ3n) is 20.1. The minimum absolute atomic E-state index is 0. The molecule has 0 aliphatic carbocycles. The number of allylic oxidation sites excluding steroid dienone is 17. The zero-order valence-electron chi connectivity index (χ0n) is 95.5. The molecule has 0 saturated heterocycles. The van der Waals surface area contributed by atoms with Crippen LogP contribution in [0.4, 0.5) is 0 Å². The monoisotopic (exact) mass is 2260 g/mol. The smallest absolute Gasteiger partial charge is 0.665 e. The summed E-state index contributed by atoms with van der Waals surface area (Å²) in [7, 11) is 0. The molecule has 818 valence electrons. The van der Waals surface area contributed by atoms with Gasteiger partial charge in [0.2, 0.25) is 0 Å². The third-order valence-corrected chi connectivity index (χ3v) is 20.5. The molecule has 9 N–H and O–H groups in total. The van der Waals surface area contributed by atoms with Gasteiger partial charge in [0.15, 0.2) is 0 Å². The Morgan fingerprint density at radius 3 is 0.848 bits per heavy atom. The summed E-state index contributed by atoms with van der Waals surface area (Å²) in [6.45, 7) is 37.2. The van der Waals surface area contributed by atoms with Gasteiger partial charge in [-0.15, -0.1) is 44.7 Å². The molecule has 6 unspecified atom stereocenters. The van der Waals surface area contributed by atoms with E-state index in [4.69, 9.17) is 48.5 Å². The average Bonchev–Trinajstić information content (AvgIpc) is 0.958. The summed E-state index contributed by atoms with van der Waals surface area (Å²) in [6, 6.07) is 0. The Balaban J connectivity index is -0.0000000911. The fourth-order valence-corrected chi connectivity index (χ4v) is 11.6. The molecule has 0 aromatic heterocycles. The number of unbranched alkanes of at least 4 members (excludes halogenated alkanes) is 28. The van der Waals surface area contributed by atoms with Crippen LogP contribution in [0.3, 0.4) is 0 Å². The third kappa shape index (κ3) is 197. The Bertz CT molecular complexity index is 3140. The first-order valence-corrected chi connectivity index (χ1v) is 53.3. The maximum Gasteiger partial charge on any atom is 1.00 e. The Morgan fingerprint density at radius 2 is 0.614 bits per heavy atom. The maximum absolute atomic E-state index is 10.3. The molecular formula is C116H203IK4N4O20. The first-order valence-electron chi connectivity index (χ1n) is 52.3.